The summed E-state index contributed by atoms with van der Waals surface area (Å²) in [6.45, 7) is -2.70. The molecule has 0 unspecified atom stereocenters. The number of aliphatic hydroxyl groups is 9. The van der Waals surface area contributed by atoms with Gasteiger partial charge in [-0.25, -0.2) is 4.79 Å². The van der Waals surface area contributed by atoms with Crippen molar-refractivity contribution >= 4 is 23.0 Å². The molecule has 7 rings (SSSR count). The zero-order chi connectivity index (χ0) is 50.0. The highest BCUT2D eigenvalue weighted by atomic mass is 16.8. The molecule has 15 atom stereocenters. The number of esters is 1. The van der Waals surface area contributed by atoms with Gasteiger partial charge in [0.05, 0.1) is 27.4 Å². The summed E-state index contributed by atoms with van der Waals surface area (Å²) < 4.78 is 56.5. The van der Waals surface area contributed by atoms with Gasteiger partial charge in [0.25, 0.3) is 0 Å². The normalized spacial score (nSPS) is 31.7. The van der Waals surface area contributed by atoms with E-state index in [1.54, 1.807) is 0 Å². The Kier molecular flexibility index (Phi) is 15.8. The van der Waals surface area contributed by atoms with Crippen molar-refractivity contribution in [1.82, 2.24) is 0 Å². The van der Waals surface area contributed by atoms with Crippen LogP contribution in [0, 0.1) is 0 Å². The lowest BCUT2D eigenvalue weighted by molar-refractivity contribution is -0.379. The largest absolute Gasteiger partial charge is 0.508 e. The van der Waals surface area contributed by atoms with Crippen LogP contribution in [0.25, 0.3) is 28.4 Å². The highest BCUT2D eigenvalue weighted by molar-refractivity contribution is 5.88. The minimum atomic E-state index is -2.24. The first-order chi connectivity index (χ1) is 32.9. The number of rotatable bonds is 15. The quantitative estimate of drug-likeness (QED) is 0.0429. The number of phenols is 4. The molecule has 0 aliphatic carbocycles. The number of hydrogen-bond acceptors (Lipinski definition) is 25. The Morgan fingerprint density at radius 1 is 0.652 bits per heavy atom. The second-order valence-corrected chi connectivity index (χ2v) is 16.0. The molecular formula is C44H50O25. The molecule has 0 spiro atoms. The minimum Gasteiger partial charge on any atom is -0.508 e. The maximum Gasteiger partial charge on any atom is 0.330 e. The van der Waals surface area contributed by atoms with E-state index in [1.807, 2.05) is 0 Å². The van der Waals surface area contributed by atoms with E-state index in [0.29, 0.717) is 5.56 Å². The first-order valence-corrected chi connectivity index (χ1v) is 20.9. The van der Waals surface area contributed by atoms with Crippen LogP contribution in [0.2, 0.25) is 0 Å². The van der Waals surface area contributed by atoms with Gasteiger partial charge in [-0.1, -0.05) is 0 Å². The summed E-state index contributed by atoms with van der Waals surface area (Å²) in [7, 11) is 2.57. The fraction of sp³-hybridized carbons (Fsp3) is 0.455. The van der Waals surface area contributed by atoms with Crippen molar-refractivity contribution in [3.8, 4) is 51.6 Å². The van der Waals surface area contributed by atoms with Crippen molar-refractivity contribution in [2.45, 2.75) is 92.1 Å². The van der Waals surface area contributed by atoms with Gasteiger partial charge < -0.3 is 113 Å². The predicted molar refractivity (Wildman–Crippen MR) is 227 cm³/mol. The summed E-state index contributed by atoms with van der Waals surface area (Å²) in [4.78, 5) is 27.3. The maximum absolute atomic E-state index is 14.2. The van der Waals surface area contributed by atoms with Crippen LogP contribution in [-0.2, 0) is 33.2 Å². The number of methoxy groups -OCH3 is 2. The van der Waals surface area contributed by atoms with E-state index in [-0.39, 0.29) is 34.1 Å². The first-order valence-electron chi connectivity index (χ1n) is 20.9. The van der Waals surface area contributed by atoms with E-state index in [9.17, 15) is 76.0 Å². The Bertz CT molecular complexity index is 2490. The number of aromatic hydroxyl groups is 4. The number of carbonyl (C=O) groups excluding carboxylic acids is 1. The average Bonchev–Trinajstić information content (AvgIpc) is 3.33. The lowest BCUT2D eigenvalue weighted by atomic mass is 9.96. The molecule has 4 heterocycles. The smallest absolute Gasteiger partial charge is 0.330 e. The summed E-state index contributed by atoms with van der Waals surface area (Å²) >= 11 is 0. The van der Waals surface area contributed by atoms with Crippen LogP contribution in [0.1, 0.15) is 5.56 Å². The molecule has 3 saturated heterocycles. The molecule has 3 aliphatic rings. The van der Waals surface area contributed by atoms with Crippen molar-refractivity contribution in [2.75, 3.05) is 34.0 Å². The molecule has 0 saturated carbocycles. The number of hydrogen-bond donors (Lipinski definition) is 13. The highest BCUT2D eigenvalue weighted by Crippen LogP contribution is 2.40. The van der Waals surface area contributed by atoms with Crippen molar-refractivity contribution in [2.24, 2.45) is 0 Å². The van der Waals surface area contributed by atoms with Crippen LogP contribution in [0.15, 0.2) is 63.8 Å². The molecule has 25 heteroatoms. The molecule has 0 bridgehead atoms. The standard InChI is InChI=1S/C44H50O25/c1-60-22-9-16(10-23(61-2)29(22)51)3-8-27(50)62-15-26-39(67-42-36(58)33(55)30(52)24(13-45)64-42)35(57)37(59)43(66-26)69-41-34(56)31(53)25(14-46)65-44(41)68-40-32(54)28-20(49)11-19(48)12-21(28)63-38(40)17-4-6-18(47)7-5-17/h3-12,24-26,30-31,33-37,39,41-49,51-53,55-59H,13-15H2,1-2H3/b8-3+/t24-,25-,26-,30-,31+,33+,34+,35-,36-,37-,39-,41-,42+,43+,44+/m1/s1. The van der Waals surface area contributed by atoms with Crippen LogP contribution < -0.4 is 19.6 Å². The third kappa shape index (κ3) is 10.5. The van der Waals surface area contributed by atoms with Gasteiger partial charge in [-0.3, -0.25) is 4.79 Å². The molecule has 0 amide bonds. The molecule has 0 radical (unpaired) electrons. The Balaban J connectivity index is 1.21. The number of benzene rings is 3. The zero-order valence-corrected chi connectivity index (χ0v) is 36.3. The van der Waals surface area contributed by atoms with Crippen molar-refractivity contribution in [3.05, 3.63) is 70.4 Å². The first kappa shape index (κ1) is 51.0. The van der Waals surface area contributed by atoms with E-state index in [4.69, 9.17) is 47.0 Å². The number of aliphatic hydroxyl groups excluding tert-OH is 9. The highest BCUT2D eigenvalue weighted by Gasteiger charge is 2.54. The third-order valence-corrected chi connectivity index (χ3v) is 11.5. The molecule has 376 valence electrons. The summed E-state index contributed by atoms with van der Waals surface area (Å²) in [5.74, 6) is -3.93. The number of ether oxygens (including phenoxy) is 9. The predicted octanol–water partition coefficient (Wildman–Crippen LogP) is -2.61. The number of phenolic OH excluding ortho intramolecular Hbond substituents is 4. The summed E-state index contributed by atoms with van der Waals surface area (Å²) in [5, 5.41) is 138. The molecule has 3 aromatic carbocycles. The van der Waals surface area contributed by atoms with E-state index < -0.39 is 152 Å². The number of carbonyl (C=O) groups is 1. The van der Waals surface area contributed by atoms with E-state index in [1.165, 1.54) is 56.7 Å². The Morgan fingerprint density at radius 2 is 1.20 bits per heavy atom. The van der Waals surface area contributed by atoms with E-state index in [0.717, 1.165) is 18.2 Å². The summed E-state index contributed by atoms with van der Waals surface area (Å²) in [6, 6.07) is 9.66. The molecular weight excluding hydrogens is 928 g/mol. The van der Waals surface area contributed by atoms with Gasteiger partial charge in [0.15, 0.2) is 35.9 Å². The summed E-state index contributed by atoms with van der Waals surface area (Å²) in [6.07, 6.45) is -27.1. The van der Waals surface area contributed by atoms with Gasteiger partial charge in [0.1, 0.15) is 102 Å². The van der Waals surface area contributed by atoms with Crippen molar-refractivity contribution < 1.29 is 118 Å². The fourth-order valence-electron chi connectivity index (χ4n) is 7.79. The molecule has 3 aliphatic heterocycles. The molecule has 1 aromatic heterocycles. The monoisotopic (exact) mass is 978 g/mol. The Hall–Kier alpha value is -5.88. The fourth-order valence-corrected chi connectivity index (χ4v) is 7.79. The second kappa shape index (κ2) is 21.4. The third-order valence-electron chi connectivity index (χ3n) is 11.5. The van der Waals surface area contributed by atoms with Gasteiger partial charge in [-0.15, -0.1) is 0 Å². The van der Waals surface area contributed by atoms with Gasteiger partial charge in [0.2, 0.25) is 23.2 Å². The van der Waals surface area contributed by atoms with Crippen molar-refractivity contribution in [1.29, 1.82) is 0 Å². The Morgan fingerprint density at radius 3 is 1.81 bits per heavy atom. The second-order valence-electron chi connectivity index (χ2n) is 16.0. The van der Waals surface area contributed by atoms with Crippen molar-refractivity contribution in [3.63, 3.8) is 0 Å². The maximum atomic E-state index is 14.2. The van der Waals surface area contributed by atoms with Crippen LogP contribution in [-0.4, -0.2) is 199 Å². The molecule has 4 aromatic rings. The van der Waals surface area contributed by atoms with Gasteiger partial charge in [-0.05, 0) is 48.0 Å². The van der Waals surface area contributed by atoms with Gasteiger partial charge in [0, 0.05) is 23.8 Å². The topological polar surface area (TPSA) is 393 Å². The lowest BCUT2D eigenvalue weighted by Crippen LogP contribution is -2.67. The lowest BCUT2D eigenvalue weighted by Gasteiger charge is -2.48. The molecule has 13 N–H and O–H groups in total. The molecule has 69 heavy (non-hydrogen) atoms. The van der Waals surface area contributed by atoms with Crippen LogP contribution in [0.4, 0.5) is 0 Å². The van der Waals surface area contributed by atoms with E-state index in [2.05, 4.69) is 0 Å². The average molecular weight is 979 g/mol. The van der Waals surface area contributed by atoms with Gasteiger partial charge in [-0.2, -0.15) is 0 Å². The molecule has 25 nitrogen and oxygen atoms in total. The minimum absolute atomic E-state index is 0.00391. The van der Waals surface area contributed by atoms with Crippen LogP contribution >= 0.6 is 0 Å². The number of fused-ring (bicyclic) bond motifs is 1. The molecule has 3 fully saturated rings. The van der Waals surface area contributed by atoms with Crippen LogP contribution in [0.3, 0.4) is 0 Å². The summed E-state index contributed by atoms with van der Waals surface area (Å²) in [5.41, 5.74) is -1.04. The Labute approximate surface area is 388 Å². The zero-order valence-electron chi connectivity index (χ0n) is 36.3. The SMILES string of the molecule is COc1cc(/C=C/C(=O)OC[C@H]2O[C@@H](O[C@H]3[C@H](Oc4c(-c5ccc(O)cc5)oc5cc(O)cc(O)c5c4=O)O[C@H](CO)[C@H](O)[C@@H]3O)[C@H](O)[C@@H](O)[C@@H]2O[C@@H]2O[C@H](CO)[C@@H](O)[C@H](O)[C@H]2O)cc(OC)c1O. The van der Waals surface area contributed by atoms with Crippen LogP contribution in [0.5, 0.6) is 40.2 Å². The van der Waals surface area contributed by atoms with Gasteiger partial charge >= 0.3 is 5.97 Å². The van der Waals surface area contributed by atoms with E-state index >= 15 is 0 Å².